The first-order chi connectivity index (χ1) is 9.29. The van der Waals surface area contributed by atoms with Gasteiger partial charge in [-0.3, -0.25) is 0 Å². The van der Waals surface area contributed by atoms with Crippen LogP contribution in [0.3, 0.4) is 0 Å². The fourth-order valence-electron chi connectivity index (χ4n) is 2.53. The first-order valence-corrected chi connectivity index (χ1v) is 6.69. The van der Waals surface area contributed by atoms with Gasteiger partial charge in [-0.1, -0.05) is 55.5 Å². The largest absolute Gasteiger partial charge is 0.458 e. The van der Waals surface area contributed by atoms with Crippen molar-refractivity contribution >= 4 is 22.3 Å². The minimum Gasteiger partial charge on any atom is -0.458 e. The van der Waals surface area contributed by atoms with Crippen LogP contribution >= 0.6 is 0 Å². The Bertz CT molecular complexity index is 650. The van der Waals surface area contributed by atoms with Gasteiger partial charge in [0.05, 0.1) is 5.57 Å². The molecule has 0 aromatic heterocycles. The van der Waals surface area contributed by atoms with Crippen LogP contribution in [0.4, 0.5) is 0 Å². The predicted molar refractivity (Wildman–Crippen MR) is 76.7 cm³/mol. The van der Waals surface area contributed by atoms with Gasteiger partial charge in [-0.15, -0.1) is 0 Å². The summed E-state index contributed by atoms with van der Waals surface area (Å²) in [5.41, 5.74) is 1.67. The predicted octanol–water partition coefficient (Wildman–Crippen LogP) is 3.95. The Hall–Kier alpha value is -2.09. The molecule has 2 nitrogen and oxygen atoms in total. The molecule has 3 rings (SSSR count). The molecule has 1 aliphatic rings. The van der Waals surface area contributed by atoms with Gasteiger partial charge in [0.2, 0.25) is 0 Å². The van der Waals surface area contributed by atoms with Crippen LogP contribution in [0, 0.1) is 0 Å². The number of cyclic esters (lactones) is 1. The number of ether oxygens (including phenoxy) is 1. The highest BCUT2D eigenvalue weighted by molar-refractivity contribution is 6.20. The number of hydrogen-bond acceptors (Lipinski definition) is 2. The van der Waals surface area contributed by atoms with E-state index in [1.807, 2.05) is 43.3 Å². The van der Waals surface area contributed by atoms with Crippen molar-refractivity contribution in [2.24, 2.45) is 0 Å². The van der Waals surface area contributed by atoms with E-state index >= 15 is 0 Å². The second-order valence-corrected chi connectivity index (χ2v) is 4.82. The normalized spacial score (nSPS) is 19.1. The molecule has 2 aromatic rings. The van der Waals surface area contributed by atoms with E-state index in [1.54, 1.807) is 0 Å². The summed E-state index contributed by atoms with van der Waals surface area (Å²) in [4.78, 5) is 12.1. The fourth-order valence-corrected chi connectivity index (χ4v) is 2.53. The lowest BCUT2D eigenvalue weighted by atomic mass is 9.95. The third kappa shape index (κ3) is 2.14. The third-order valence-corrected chi connectivity index (χ3v) is 3.61. The highest BCUT2D eigenvalue weighted by Gasteiger charge is 2.23. The van der Waals surface area contributed by atoms with Gasteiger partial charge in [-0.2, -0.15) is 0 Å². The summed E-state index contributed by atoms with van der Waals surface area (Å²) in [5, 5.41) is 2.24. The monoisotopic (exact) mass is 252 g/mol. The topological polar surface area (TPSA) is 26.3 Å². The molecule has 0 radical (unpaired) electrons. The minimum atomic E-state index is -0.200. The standard InChI is InChI=1S/C17H16O2/c1-2-13-10-11-16(17(18)19-13)15-9-5-7-12-6-3-4-8-14(12)15/h3-9,11,13H,2,10H2,1H3. The molecule has 0 fully saturated rings. The summed E-state index contributed by atoms with van der Waals surface area (Å²) in [6, 6.07) is 14.1. The van der Waals surface area contributed by atoms with Gasteiger partial charge in [0.1, 0.15) is 6.10 Å². The van der Waals surface area contributed by atoms with Crippen LogP contribution < -0.4 is 0 Å². The maximum Gasteiger partial charge on any atom is 0.338 e. The van der Waals surface area contributed by atoms with Crippen LogP contribution in [0.25, 0.3) is 16.3 Å². The lowest BCUT2D eigenvalue weighted by Gasteiger charge is -2.21. The first kappa shape index (κ1) is 12.0. The fraction of sp³-hybridized carbons (Fsp3) is 0.235. The number of benzene rings is 2. The average Bonchev–Trinajstić information content (AvgIpc) is 2.46. The molecule has 1 atom stereocenters. The summed E-state index contributed by atoms with van der Waals surface area (Å²) in [7, 11) is 0. The SMILES string of the molecule is CCC1CC=C(c2cccc3ccccc23)C(=O)O1. The van der Waals surface area contributed by atoms with E-state index in [1.165, 1.54) is 0 Å². The molecule has 96 valence electrons. The molecule has 0 saturated heterocycles. The number of hydrogen-bond donors (Lipinski definition) is 0. The van der Waals surface area contributed by atoms with E-state index in [0.717, 1.165) is 29.2 Å². The summed E-state index contributed by atoms with van der Waals surface area (Å²) in [6.07, 6.45) is 3.72. The number of fused-ring (bicyclic) bond motifs is 1. The molecule has 0 aliphatic carbocycles. The molecule has 0 saturated carbocycles. The van der Waals surface area contributed by atoms with Crippen LogP contribution in [-0.2, 0) is 9.53 Å². The Morgan fingerprint density at radius 3 is 2.74 bits per heavy atom. The zero-order valence-corrected chi connectivity index (χ0v) is 10.9. The van der Waals surface area contributed by atoms with Crippen LogP contribution in [0.2, 0.25) is 0 Å². The van der Waals surface area contributed by atoms with E-state index in [2.05, 4.69) is 12.1 Å². The third-order valence-electron chi connectivity index (χ3n) is 3.61. The van der Waals surface area contributed by atoms with E-state index in [9.17, 15) is 4.79 Å². The second kappa shape index (κ2) is 4.88. The molecule has 0 spiro atoms. The van der Waals surface area contributed by atoms with Crippen LogP contribution in [0.1, 0.15) is 25.3 Å². The summed E-state index contributed by atoms with van der Waals surface area (Å²) in [5.74, 6) is -0.200. The number of carbonyl (C=O) groups is 1. The maximum atomic E-state index is 12.1. The Morgan fingerprint density at radius 1 is 1.16 bits per heavy atom. The van der Waals surface area contributed by atoms with Gasteiger partial charge in [0, 0.05) is 6.42 Å². The number of esters is 1. The highest BCUT2D eigenvalue weighted by Crippen LogP contribution is 2.29. The van der Waals surface area contributed by atoms with Gasteiger partial charge >= 0.3 is 5.97 Å². The van der Waals surface area contributed by atoms with Gasteiger partial charge in [-0.05, 0) is 22.8 Å². The molecule has 0 bridgehead atoms. The molecule has 0 N–H and O–H groups in total. The lowest BCUT2D eigenvalue weighted by molar-refractivity contribution is -0.142. The molecule has 2 heteroatoms. The molecular weight excluding hydrogens is 236 g/mol. The van der Waals surface area contributed by atoms with Crippen molar-refractivity contribution in [1.29, 1.82) is 0 Å². The highest BCUT2D eigenvalue weighted by atomic mass is 16.5. The number of rotatable bonds is 2. The van der Waals surface area contributed by atoms with Crippen molar-refractivity contribution in [1.82, 2.24) is 0 Å². The van der Waals surface area contributed by atoms with Gasteiger partial charge in [0.15, 0.2) is 0 Å². The second-order valence-electron chi connectivity index (χ2n) is 4.82. The molecule has 1 unspecified atom stereocenters. The van der Waals surface area contributed by atoms with Gasteiger partial charge in [0.25, 0.3) is 0 Å². The van der Waals surface area contributed by atoms with Crippen molar-refractivity contribution in [3.8, 4) is 0 Å². The van der Waals surface area contributed by atoms with Gasteiger partial charge in [-0.25, -0.2) is 4.79 Å². The summed E-state index contributed by atoms with van der Waals surface area (Å²) < 4.78 is 5.44. The Balaban J connectivity index is 2.10. The van der Waals surface area contributed by atoms with E-state index in [4.69, 9.17) is 4.74 Å². The summed E-state index contributed by atoms with van der Waals surface area (Å²) in [6.45, 7) is 2.04. The molecule has 1 heterocycles. The van der Waals surface area contributed by atoms with E-state index in [0.29, 0.717) is 5.57 Å². The van der Waals surface area contributed by atoms with Crippen molar-refractivity contribution in [3.05, 3.63) is 54.1 Å². The van der Waals surface area contributed by atoms with Crippen molar-refractivity contribution in [3.63, 3.8) is 0 Å². The zero-order chi connectivity index (χ0) is 13.2. The minimum absolute atomic E-state index is 0.0335. The Morgan fingerprint density at radius 2 is 1.95 bits per heavy atom. The van der Waals surface area contributed by atoms with Crippen molar-refractivity contribution in [2.75, 3.05) is 0 Å². The van der Waals surface area contributed by atoms with E-state index in [-0.39, 0.29) is 12.1 Å². The molecule has 2 aromatic carbocycles. The Kier molecular flexibility index (Phi) is 3.08. The lowest BCUT2D eigenvalue weighted by Crippen LogP contribution is -2.22. The van der Waals surface area contributed by atoms with Gasteiger partial charge < -0.3 is 4.74 Å². The van der Waals surface area contributed by atoms with E-state index < -0.39 is 0 Å². The first-order valence-electron chi connectivity index (χ1n) is 6.69. The average molecular weight is 252 g/mol. The van der Waals surface area contributed by atoms with Crippen molar-refractivity contribution < 1.29 is 9.53 Å². The molecule has 0 amide bonds. The maximum absolute atomic E-state index is 12.1. The number of carbonyl (C=O) groups excluding carboxylic acids is 1. The van der Waals surface area contributed by atoms with Crippen LogP contribution in [0.5, 0.6) is 0 Å². The zero-order valence-electron chi connectivity index (χ0n) is 10.9. The summed E-state index contributed by atoms with van der Waals surface area (Å²) >= 11 is 0. The quantitative estimate of drug-likeness (QED) is 0.756. The molecular formula is C17H16O2. The van der Waals surface area contributed by atoms with Crippen LogP contribution in [0.15, 0.2) is 48.5 Å². The Labute approximate surface area is 112 Å². The molecule has 19 heavy (non-hydrogen) atoms. The van der Waals surface area contributed by atoms with Crippen LogP contribution in [-0.4, -0.2) is 12.1 Å². The smallest absolute Gasteiger partial charge is 0.338 e. The van der Waals surface area contributed by atoms with Crippen molar-refractivity contribution in [2.45, 2.75) is 25.9 Å². The molecule has 1 aliphatic heterocycles.